The summed E-state index contributed by atoms with van der Waals surface area (Å²) in [7, 11) is 0. The van der Waals surface area contributed by atoms with Gasteiger partial charge in [0.05, 0.1) is 11.6 Å². The average Bonchev–Trinajstić information content (AvgIpc) is 3.29. The molecule has 1 aliphatic heterocycles. The number of nitrogens with one attached hydrogen (secondary N) is 1. The molecule has 4 rings (SSSR count). The van der Waals surface area contributed by atoms with Crippen LogP contribution in [0.1, 0.15) is 24.1 Å². The molecule has 7 nitrogen and oxygen atoms in total. The quantitative estimate of drug-likeness (QED) is 0.571. The van der Waals surface area contributed by atoms with Crippen molar-refractivity contribution in [3.05, 3.63) is 58.3 Å². The standard InChI is InChI=1S/C21H22ClN5O2S/c22-19-17(27-10-11-30-21(27)25-19)7-8-18(28)24-16-6-2-1-4-14(16)12-26-9-3-5-15(13-26)20(23)29/h1-2,4,6-8,10-11,15H,3,5,9,12-13H2,(H2,23,29)(H,24,28)/b8-7+. The highest BCUT2D eigenvalue weighted by atomic mass is 35.5. The molecule has 2 amide bonds. The highest BCUT2D eigenvalue weighted by Crippen LogP contribution is 2.24. The summed E-state index contributed by atoms with van der Waals surface area (Å²) in [5.74, 6) is -0.611. The van der Waals surface area contributed by atoms with Crippen LogP contribution in [-0.4, -0.2) is 39.2 Å². The third-order valence-electron chi connectivity index (χ3n) is 5.22. The van der Waals surface area contributed by atoms with Crippen LogP contribution in [0.15, 0.2) is 41.9 Å². The Bertz CT molecular complexity index is 1110. The molecule has 0 spiro atoms. The molecule has 1 saturated heterocycles. The van der Waals surface area contributed by atoms with Crippen molar-refractivity contribution in [2.24, 2.45) is 11.7 Å². The number of rotatable bonds is 6. The fourth-order valence-electron chi connectivity index (χ4n) is 3.71. The molecular weight excluding hydrogens is 422 g/mol. The van der Waals surface area contributed by atoms with Crippen molar-refractivity contribution in [2.75, 3.05) is 18.4 Å². The summed E-state index contributed by atoms with van der Waals surface area (Å²) in [6.07, 6.45) is 6.75. The smallest absolute Gasteiger partial charge is 0.248 e. The number of amides is 2. The zero-order valence-corrected chi connectivity index (χ0v) is 17.8. The van der Waals surface area contributed by atoms with Crippen LogP contribution in [0.5, 0.6) is 0 Å². The zero-order valence-electron chi connectivity index (χ0n) is 16.3. The molecule has 156 valence electrons. The molecule has 2 aromatic heterocycles. The average molecular weight is 444 g/mol. The minimum absolute atomic E-state index is 0.113. The molecular formula is C21H22ClN5O2S. The lowest BCUT2D eigenvalue weighted by atomic mass is 9.97. The van der Waals surface area contributed by atoms with Crippen LogP contribution in [0, 0.1) is 5.92 Å². The Morgan fingerprint density at radius 2 is 2.20 bits per heavy atom. The van der Waals surface area contributed by atoms with Gasteiger partial charge in [-0.15, -0.1) is 11.3 Å². The topological polar surface area (TPSA) is 92.7 Å². The third kappa shape index (κ3) is 4.56. The first-order valence-electron chi connectivity index (χ1n) is 9.71. The number of nitrogens with two attached hydrogens (primary N) is 1. The molecule has 30 heavy (non-hydrogen) atoms. The van der Waals surface area contributed by atoms with Gasteiger partial charge in [0.25, 0.3) is 0 Å². The van der Waals surface area contributed by atoms with Crippen molar-refractivity contribution < 1.29 is 9.59 Å². The van der Waals surface area contributed by atoms with Gasteiger partial charge in [0.2, 0.25) is 11.8 Å². The van der Waals surface area contributed by atoms with E-state index in [1.54, 1.807) is 6.08 Å². The number of imidazole rings is 1. The van der Waals surface area contributed by atoms with E-state index in [4.69, 9.17) is 17.3 Å². The summed E-state index contributed by atoms with van der Waals surface area (Å²) in [5, 5.41) is 5.22. The normalized spacial score (nSPS) is 17.6. The molecule has 3 aromatic rings. The Morgan fingerprint density at radius 1 is 1.37 bits per heavy atom. The number of carbonyl (C=O) groups is 2. The second-order valence-corrected chi connectivity index (χ2v) is 8.53. The summed E-state index contributed by atoms with van der Waals surface area (Å²) in [6, 6.07) is 7.68. The maximum atomic E-state index is 12.5. The van der Waals surface area contributed by atoms with E-state index < -0.39 is 0 Å². The third-order valence-corrected chi connectivity index (χ3v) is 6.26. The summed E-state index contributed by atoms with van der Waals surface area (Å²) in [6.45, 7) is 2.20. The van der Waals surface area contributed by atoms with E-state index in [0.717, 1.165) is 35.6 Å². The number of likely N-dealkylation sites (tertiary alicyclic amines) is 1. The van der Waals surface area contributed by atoms with Gasteiger partial charge in [-0.1, -0.05) is 29.8 Å². The highest BCUT2D eigenvalue weighted by molar-refractivity contribution is 7.15. The Kier molecular flexibility index (Phi) is 6.17. The number of nitrogens with zero attached hydrogens (tertiary/aromatic N) is 3. The second kappa shape index (κ2) is 8.99. The first-order valence-corrected chi connectivity index (χ1v) is 11.0. The van der Waals surface area contributed by atoms with Gasteiger partial charge >= 0.3 is 0 Å². The molecule has 1 aromatic carbocycles. The second-order valence-electron chi connectivity index (χ2n) is 7.30. The minimum Gasteiger partial charge on any atom is -0.369 e. The van der Waals surface area contributed by atoms with E-state index in [1.807, 2.05) is 40.2 Å². The summed E-state index contributed by atoms with van der Waals surface area (Å²) in [5.41, 5.74) is 7.89. The van der Waals surface area contributed by atoms with Crippen LogP contribution in [0.2, 0.25) is 5.15 Å². The van der Waals surface area contributed by atoms with Gasteiger partial charge in [-0.05, 0) is 37.1 Å². The number of hydrogen-bond donors (Lipinski definition) is 2. The molecule has 1 aliphatic rings. The number of aromatic nitrogens is 2. The monoisotopic (exact) mass is 443 g/mol. The van der Waals surface area contributed by atoms with Crippen molar-refractivity contribution in [3.8, 4) is 0 Å². The number of fused-ring (bicyclic) bond motifs is 1. The molecule has 0 aliphatic carbocycles. The van der Waals surface area contributed by atoms with Crippen molar-refractivity contribution >= 4 is 51.5 Å². The molecule has 1 unspecified atom stereocenters. The van der Waals surface area contributed by atoms with E-state index in [0.29, 0.717) is 23.9 Å². The van der Waals surface area contributed by atoms with Crippen LogP contribution >= 0.6 is 22.9 Å². The van der Waals surface area contributed by atoms with Crippen molar-refractivity contribution in [1.29, 1.82) is 0 Å². The van der Waals surface area contributed by atoms with Crippen molar-refractivity contribution in [3.63, 3.8) is 0 Å². The fourth-order valence-corrected chi connectivity index (χ4v) is 4.71. The lowest BCUT2D eigenvalue weighted by molar-refractivity contribution is -0.123. The van der Waals surface area contributed by atoms with Crippen LogP contribution in [-0.2, 0) is 16.1 Å². The molecule has 0 saturated carbocycles. The van der Waals surface area contributed by atoms with E-state index in [9.17, 15) is 9.59 Å². The number of carbonyl (C=O) groups excluding carboxylic acids is 2. The molecule has 3 N–H and O–H groups in total. The van der Waals surface area contributed by atoms with Gasteiger partial charge in [-0.2, -0.15) is 0 Å². The Hall–Kier alpha value is -2.68. The van der Waals surface area contributed by atoms with E-state index >= 15 is 0 Å². The van der Waals surface area contributed by atoms with Crippen molar-refractivity contribution in [2.45, 2.75) is 19.4 Å². The fraction of sp³-hybridized carbons (Fsp3) is 0.286. The number of benzene rings is 1. The van der Waals surface area contributed by atoms with E-state index in [-0.39, 0.29) is 17.7 Å². The molecule has 0 radical (unpaired) electrons. The minimum atomic E-state index is -0.252. The van der Waals surface area contributed by atoms with Gasteiger partial charge in [-0.25, -0.2) is 4.98 Å². The van der Waals surface area contributed by atoms with Gasteiger partial charge in [-0.3, -0.25) is 18.9 Å². The predicted molar refractivity (Wildman–Crippen MR) is 119 cm³/mol. The van der Waals surface area contributed by atoms with Gasteiger partial charge in [0.15, 0.2) is 10.1 Å². The number of anilines is 1. The summed E-state index contributed by atoms with van der Waals surface area (Å²) >= 11 is 7.65. The Balaban J connectivity index is 1.45. The lowest BCUT2D eigenvalue weighted by Gasteiger charge is -2.31. The Morgan fingerprint density at radius 3 is 3.03 bits per heavy atom. The zero-order chi connectivity index (χ0) is 21.1. The lowest BCUT2D eigenvalue weighted by Crippen LogP contribution is -2.40. The van der Waals surface area contributed by atoms with Gasteiger partial charge < -0.3 is 11.1 Å². The summed E-state index contributed by atoms with van der Waals surface area (Å²) in [4.78, 5) is 31.3. The first-order chi connectivity index (χ1) is 14.5. The number of primary amides is 1. The van der Waals surface area contributed by atoms with Gasteiger partial charge in [0.1, 0.15) is 0 Å². The van der Waals surface area contributed by atoms with Crippen molar-refractivity contribution in [1.82, 2.24) is 14.3 Å². The number of hydrogen-bond acceptors (Lipinski definition) is 5. The maximum absolute atomic E-state index is 12.5. The van der Waals surface area contributed by atoms with Crippen LogP contribution < -0.4 is 11.1 Å². The number of para-hydroxylation sites is 1. The number of thiazole rings is 1. The largest absolute Gasteiger partial charge is 0.369 e. The van der Waals surface area contributed by atoms with Gasteiger partial charge in [0, 0.05) is 36.4 Å². The molecule has 3 heterocycles. The highest BCUT2D eigenvalue weighted by Gasteiger charge is 2.24. The van der Waals surface area contributed by atoms with Crippen LogP contribution in [0.25, 0.3) is 11.0 Å². The molecule has 0 bridgehead atoms. The van der Waals surface area contributed by atoms with E-state index in [1.165, 1.54) is 17.4 Å². The first kappa shape index (κ1) is 20.6. The Labute approximate surface area is 183 Å². The number of halogens is 1. The van der Waals surface area contributed by atoms with Crippen LogP contribution in [0.4, 0.5) is 5.69 Å². The summed E-state index contributed by atoms with van der Waals surface area (Å²) < 4.78 is 1.84. The molecule has 1 fully saturated rings. The maximum Gasteiger partial charge on any atom is 0.248 e. The SMILES string of the molecule is NC(=O)C1CCCN(Cc2ccccc2NC(=O)/C=C/c2c(Cl)nc3sccn23)C1. The predicted octanol–water partition coefficient (Wildman–Crippen LogP) is 3.40. The van der Waals surface area contributed by atoms with Crippen LogP contribution in [0.3, 0.4) is 0 Å². The number of piperidine rings is 1. The van der Waals surface area contributed by atoms with E-state index in [2.05, 4.69) is 15.2 Å². The molecule has 1 atom stereocenters. The molecule has 9 heteroatoms.